The zero-order chi connectivity index (χ0) is 12.7. The van der Waals surface area contributed by atoms with Gasteiger partial charge in [0.2, 0.25) is 0 Å². The summed E-state index contributed by atoms with van der Waals surface area (Å²) in [7, 11) is 0. The van der Waals surface area contributed by atoms with Gasteiger partial charge in [-0.1, -0.05) is 0 Å². The molecule has 2 fully saturated rings. The molecule has 0 aliphatic carbocycles. The number of halogens is 1. The molecular weight excluding hydrogens is 312 g/mol. The monoisotopic (exact) mass is 328 g/mol. The lowest BCUT2D eigenvalue weighted by atomic mass is 10.1. The van der Waals surface area contributed by atoms with Crippen LogP contribution in [0.1, 0.15) is 34.5 Å². The summed E-state index contributed by atoms with van der Waals surface area (Å²) in [5.74, 6) is 0.197. The molecule has 2 bridgehead atoms. The number of hydrogen-bond acceptors (Lipinski definition) is 3. The fraction of sp³-hybridized carbons (Fsp3) is 0.615. The number of aryl methyl sites for hydroxylation is 1. The van der Waals surface area contributed by atoms with Gasteiger partial charge in [-0.25, -0.2) is 0 Å². The molecule has 1 aromatic rings. The largest absolute Gasteiger partial charge is 0.336 e. The average Bonchev–Trinajstić information content (AvgIpc) is 2.82. The average molecular weight is 329 g/mol. The summed E-state index contributed by atoms with van der Waals surface area (Å²) in [5.41, 5.74) is 1.15. The van der Waals surface area contributed by atoms with E-state index in [-0.39, 0.29) is 5.91 Å². The number of nitrogens with zero attached hydrogens (tertiary/aromatic N) is 1. The highest BCUT2D eigenvalue weighted by Crippen LogP contribution is 2.29. The smallest absolute Gasteiger partial charge is 0.264 e. The fourth-order valence-electron chi connectivity index (χ4n) is 2.85. The second-order valence-electron chi connectivity index (χ2n) is 5.25. The first kappa shape index (κ1) is 12.6. The maximum atomic E-state index is 12.5. The van der Waals surface area contributed by atoms with Crippen molar-refractivity contribution in [3.05, 3.63) is 20.3 Å². The van der Waals surface area contributed by atoms with Crippen LogP contribution in [0.5, 0.6) is 0 Å². The van der Waals surface area contributed by atoms with Gasteiger partial charge < -0.3 is 10.2 Å². The van der Waals surface area contributed by atoms with Crippen molar-refractivity contribution in [3.63, 3.8) is 0 Å². The highest BCUT2D eigenvalue weighted by atomic mass is 79.9. The van der Waals surface area contributed by atoms with Crippen molar-refractivity contribution in [1.29, 1.82) is 0 Å². The number of amides is 1. The van der Waals surface area contributed by atoms with Crippen LogP contribution in [0, 0.1) is 6.92 Å². The van der Waals surface area contributed by atoms with Gasteiger partial charge in [0.15, 0.2) is 0 Å². The molecule has 2 aliphatic rings. The van der Waals surface area contributed by atoms with Gasteiger partial charge in [0.05, 0.1) is 8.66 Å². The Labute approximate surface area is 120 Å². The lowest BCUT2D eigenvalue weighted by Gasteiger charge is -2.23. The summed E-state index contributed by atoms with van der Waals surface area (Å²) in [6.45, 7) is 3.79. The summed E-state index contributed by atoms with van der Waals surface area (Å²) >= 11 is 5.04. The number of carbonyl (C=O) groups is 1. The second kappa shape index (κ2) is 4.94. The highest BCUT2D eigenvalue weighted by Gasteiger charge is 2.31. The van der Waals surface area contributed by atoms with Gasteiger partial charge in [-0.3, -0.25) is 4.79 Å². The van der Waals surface area contributed by atoms with Crippen LogP contribution in [0.15, 0.2) is 9.85 Å². The maximum Gasteiger partial charge on any atom is 0.264 e. The maximum absolute atomic E-state index is 12.5. The highest BCUT2D eigenvalue weighted by molar-refractivity contribution is 9.11. The molecular formula is C13H17BrN2OS. The Hall–Kier alpha value is -0.390. The number of likely N-dealkylation sites (tertiary alicyclic amines) is 1. The van der Waals surface area contributed by atoms with E-state index < -0.39 is 0 Å². The van der Waals surface area contributed by atoms with E-state index in [0.717, 1.165) is 33.7 Å². The van der Waals surface area contributed by atoms with Crippen LogP contribution in [0.4, 0.5) is 0 Å². The minimum atomic E-state index is 0.197. The molecule has 5 heteroatoms. The zero-order valence-electron chi connectivity index (χ0n) is 10.4. The van der Waals surface area contributed by atoms with Gasteiger partial charge in [0, 0.05) is 25.2 Å². The third kappa shape index (κ3) is 2.36. The summed E-state index contributed by atoms with van der Waals surface area (Å²) in [4.78, 5) is 15.4. The van der Waals surface area contributed by atoms with Crippen molar-refractivity contribution in [1.82, 2.24) is 10.2 Å². The topological polar surface area (TPSA) is 32.3 Å². The van der Waals surface area contributed by atoms with Crippen molar-refractivity contribution in [2.75, 3.05) is 13.1 Å². The first-order valence-corrected chi connectivity index (χ1v) is 8.05. The van der Waals surface area contributed by atoms with Gasteiger partial charge in [0.1, 0.15) is 0 Å². The van der Waals surface area contributed by atoms with Crippen molar-refractivity contribution in [3.8, 4) is 0 Å². The minimum Gasteiger partial charge on any atom is -0.336 e. The Morgan fingerprint density at radius 3 is 2.94 bits per heavy atom. The number of rotatable bonds is 1. The third-order valence-corrected chi connectivity index (χ3v) is 6.00. The molecule has 18 heavy (non-hydrogen) atoms. The number of nitrogens with one attached hydrogen (secondary N) is 1. The number of carbonyl (C=O) groups excluding carboxylic acids is 1. The van der Waals surface area contributed by atoms with E-state index in [1.807, 2.05) is 17.9 Å². The summed E-state index contributed by atoms with van der Waals surface area (Å²) in [6, 6.07) is 3.13. The van der Waals surface area contributed by atoms with E-state index in [2.05, 4.69) is 21.2 Å². The third-order valence-electron chi connectivity index (χ3n) is 3.88. The Kier molecular flexibility index (Phi) is 3.47. The van der Waals surface area contributed by atoms with E-state index in [0.29, 0.717) is 12.1 Å². The quantitative estimate of drug-likeness (QED) is 0.859. The Morgan fingerprint density at radius 2 is 2.22 bits per heavy atom. The summed E-state index contributed by atoms with van der Waals surface area (Å²) < 4.78 is 1.07. The molecule has 0 aromatic carbocycles. The molecule has 2 aliphatic heterocycles. The SMILES string of the molecule is Cc1cc(C(=O)N2CCC3CCC(C2)N3)sc1Br. The predicted octanol–water partition coefficient (Wildman–Crippen LogP) is 2.79. The molecule has 1 amide bonds. The molecule has 3 heterocycles. The molecule has 3 nitrogen and oxygen atoms in total. The van der Waals surface area contributed by atoms with Gasteiger partial charge in [-0.05, 0) is 53.7 Å². The summed E-state index contributed by atoms with van der Waals surface area (Å²) in [5, 5.41) is 3.61. The molecule has 2 atom stereocenters. The Balaban J connectivity index is 1.76. The predicted molar refractivity (Wildman–Crippen MR) is 77.2 cm³/mol. The van der Waals surface area contributed by atoms with Crippen LogP contribution in [0.2, 0.25) is 0 Å². The molecule has 0 spiro atoms. The van der Waals surface area contributed by atoms with Crippen LogP contribution in [0.3, 0.4) is 0 Å². The van der Waals surface area contributed by atoms with Gasteiger partial charge in [-0.15, -0.1) is 11.3 Å². The number of hydrogen-bond donors (Lipinski definition) is 1. The van der Waals surface area contributed by atoms with Crippen LogP contribution >= 0.6 is 27.3 Å². The lowest BCUT2D eigenvalue weighted by Crippen LogP contribution is -2.38. The van der Waals surface area contributed by atoms with Crippen molar-refractivity contribution in [2.45, 2.75) is 38.3 Å². The van der Waals surface area contributed by atoms with Crippen molar-refractivity contribution >= 4 is 33.2 Å². The van der Waals surface area contributed by atoms with E-state index in [1.165, 1.54) is 12.8 Å². The Morgan fingerprint density at radius 1 is 1.44 bits per heavy atom. The lowest BCUT2D eigenvalue weighted by molar-refractivity contribution is 0.0753. The molecule has 0 radical (unpaired) electrons. The minimum absolute atomic E-state index is 0.197. The number of fused-ring (bicyclic) bond motifs is 2. The first-order chi connectivity index (χ1) is 8.63. The van der Waals surface area contributed by atoms with Crippen molar-refractivity contribution in [2.24, 2.45) is 0 Å². The van der Waals surface area contributed by atoms with E-state index in [1.54, 1.807) is 11.3 Å². The second-order valence-corrected chi connectivity index (χ2v) is 7.62. The number of thiophene rings is 1. The Bertz CT molecular complexity index is 454. The van der Waals surface area contributed by atoms with E-state index in [9.17, 15) is 4.79 Å². The molecule has 3 rings (SSSR count). The van der Waals surface area contributed by atoms with Crippen LogP contribution in [-0.4, -0.2) is 36.0 Å². The molecule has 98 valence electrons. The van der Waals surface area contributed by atoms with Crippen LogP contribution < -0.4 is 5.32 Å². The molecule has 1 aromatic heterocycles. The molecule has 2 unspecified atom stereocenters. The van der Waals surface area contributed by atoms with Gasteiger partial charge in [-0.2, -0.15) is 0 Å². The molecule has 2 saturated heterocycles. The van der Waals surface area contributed by atoms with Gasteiger partial charge in [0.25, 0.3) is 5.91 Å². The first-order valence-electron chi connectivity index (χ1n) is 6.45. The molecule has 0 saturated carbocycles. The van der Waals surface area contributed by atoms with Crippen molar-refractivity contribution < 1.29 is 4.79 Å². The van der Waals surface area contributed by atoms with Crippen LogP contribution in [-0.2, 0) is 0 Å². The van der Waals surface area contributed by atoms with E-state index >= 15 is 0 Å². The fourth-order valence-corrected chi connectivity index (χ4v) is 4.35. The van der Waals surface area contributed by atoms with Crippen LogP contribution in [0.25, 0.3) is 0 Å². The standard InChI is InChI=1S/C13H17BrN2OS/c1-8-6-11(18-12(8)14)13(17)16-5-4-9-2-3-10(7-16)15-9/h6,9-10,15H,2-5,7H2,1H3. The van der Waals surface area contributed by atoms with Gasteiger partial charge >= 0.3 is 0 Å². The summed E-state index contributed by atoms with van der Waals surface area (Å²) in [6.07, 6.45) is 3.58. The van der Waals surface area contributed by atoms with E-state index in [4.69, 9.17) is 0 Å². The molecule has 1 N–H and O–H groups in total. The zero-order valence-corrected chi connectivity index (χ0v) is 12.8. The normalized spacial score (nSPS) is 27.3.